The summed E-state index contributed by atoms with van der Waals surface area (Å²) in [7, 11) is 0. The number of aryl methyl sites for hydroxylation is 1. The molecule has 1 aromatic heterocycles. The molecule has 16 heavy (non-hydrogen) atoms. The average Bonchev–Trinajstić information content (AvgIpc) is 2.42. The lowest BCUT2D eigenvalue weighted by Gasteiger charge is -2.01. The Hall–Kier alpha value is -1.70. The lowest BCUT2D eigenvalue weighted by Crippen LogP contribution is -1.83. The van der Waals surface area contributed by atoms with Crippen LogP contribution in [0.15, 0.2) is 43.0 Å². The van der Waals surface area contributed by atoms with Crippen molar-refractivity contribution in [1.29, 1.82) is 0 Å². The van der Waals surface area contributed by atoms with Crippen molar-refractivity contribution in [1.82, 2.24) is 9.97 Å². The van der Waals surface area contributed by atoms with Crippen LogP contribution < -0.4 is 0 Å². The van der Waals surface area contributed by atoms with Crippen LogP contribution in [0.1, 0.15) is 26.3 Å². The Kier molecular flexibility index (Phi) is 5.20. The van der Waals surface area contributed by atoms with Gasteiger partial charge in [0.1, 0.15) is 6.33 Å². The summed E-state index contributed by atoms with van der Waals surface area (Å²) in [5.74, 6) is 0. The van der Waals surface area contributed by atoms with E-state index in [1.165, 1.54) is 11.1 Å². The van der Waals surface area contributed by atoms with Gasteiger partial charge in [0.25, 0.3) is 0 Å². The van der Waals surface area contributed by atoms with Gasteiger partial charge in [0.15, 0.2) is 0 Å². The number of aromatic nitrogens is 2. The smallest absolute Gasteiger partial charge is 0.115 e. The van der Waals surface area contributed by atoms with E-state index in [-0.39, 0.29) is 0 Å². The molecule has 1 aromatic carbocycles. The molecule has 0 radical (unpaired) electrons. The molecular weight excluding hydrogens is 196 g/mol. The Bertz CT molecular complexity index is 393. The molecular formula is C14H18N2. The first-order chi connectivity index (χ1) is 7.90. The van der Waals surface area contributed by atoms with Gasteiger partial charge in [-0.15, -0.1) is 0 Å². The van der Waals surface area contributed by atoms with Crippen molar-refractivity contribution in [2.75, 3.05) is 0 Å². The molecule has 0 aliphatic carbocycles. The van der Waals surface area contributed by atoms with Crippen LogP contribution in [0, 0.1) is 0 Å². The van der Waals surface area contributed by atoms with Crippen LogP contribution >= 0.6 is 0 Å². The summed E-state index contributed by atoms with van der Waals surface area (Å²) in [4.78, 5) is 7.99. The normalized spacial score (nSPS) is 9.19. The summed E-state index contributed by atoms with van der Waals surface area (Å²) in [6, 6.07) is 8.50. The van der Waals surface area contributed by atoms with Gasteiger partial charge in [0.2, 0.25) is 0 Å². The number of benzene rings is 1. The van der Waals surface area contributed by atoms with E-state index in [0.717, 1.165) is 12.0 Å². The first-order valence-electron chi connectivity index (χ1n) is 5.74. The fourth-order valence-electron chi connectivity index (χ4n) is 1.38. The minimum atomic E-state index is 1.06. The Balaban J connectivity index is 0.000000606. The molecule has 0 aliphatic heterocycles. The van der Waals surface area contributed by atoms with Crippen LogP contribution in [0.25, 0.3) is 11.1 Å². The van der Waals surface area contributed by atoms with E-state index in [1.54, 1.807) is 6.33 Å². The summed E-state index contributed by atoms with van der Waals surface area (Å²) in [6.07, 6.45) is 6.28. The summed E-state index contributed by atoms with van der Waals surface area (Å²) in [5.41, 5.74) is 3.59. The van der Waals surface area contributed by atoms with E-state index in [1.807, 2.05) is 26.2 Å². The van der Waals surface area contributed by atoms with E-state index in [9.17, 15) is 0 Å². The Morgan fingerprint density at radius 3 is 1.94 bits per heavy atom. The Morgan fingerprint density at radius 2 is 1.44 bits per heavy atom. The van der Waals surface area contributed by atoms with Crippen LogP contribution in [-0.4, -0.2) is 9.97 Å². The maximum absolute atomic E-state index is 3.99. The zero-order valence-electron chi connectivity index (χ0n) is 10.1. The first kappa shape index (κ1) is 12.4. The second-order valence-electron chi connectivity index (χ2n) is 3.18. The highest BCUT2D eigenvalue weighted by Gasteiger charge is 1.96. The zero-order valence-corrected chi connectivity index (χ0v) is 10.1. The maximum atomic E-state index is 3.99. The lowest BCUT2D eigenvalue weighted by atomic mass is 10.1. The van der Waals surface area contributed by atoms with Gasteiger partial charge in [0.05, 0.1) is 0 Å². The Labute approximate surface area is 97.4 Å². The molecule has 2 aromatic rings. The second-order valence-corrected chi connectivity index (χ2v) is 3.18. The Morgan fingerprint density at radius 1 is 0.875 bits per heavy atom. The van der Waals surface area contributed by atoms with Gasteiger partial charge < -0.3 is 0 Å². The van der Waals surface area contributed by atoms with Crippen molar-refractivity contribution in [2.24, 2.45) is 0 Å². The van der Waals surface area contributed by atoms with Crippen molar-refractivity contribution in [3.05, 3.63) is 48.5 Å². The first-order valence-corrected chi connectivity index (χ1v) is 5.74. The molecule has 2 nitrogen and oxygen atoms in total. The van der Waals surface area contributed by atoms with Crippen molar-refractivity contribution in [3.63, 3.8) is 0 Å². The molecule has 0 fully saturated rings. The monoisotopic (exact) mass is 214 g/mol. The predicted molar refractivity (Wildman–Crippen MR) is 68.2 cm³/mol. The molecule has 0 N–H and O–H groups in total. The number of nitrogens with zero attached hydrogens (tertiary/aromatic N) is 2. The fourth-order valence-corrected chi connectivity index (χ4v) is 1.38. The third-order valence-corrected chi connectivity index (χ3v) is 2.26. The lowest BCUT2D eigenvalue weighted by molar-refractivity contribution is 1.14. The third kappa shape index (κ3) is 3.16. The van der Waals surface area contributed by atoms with Crippen molar-refractivity contribution in [3.8, 4) is 11.1 Å². The molecule has 0 saturated heterocycles. The largest absolute Gasteiger partial charge is 0.244 e. The zero-order chi connectivity index (χ0) is 11.8. The van der Waals surface area contributed by atoms with Crippen LogP contribution in [0.5, 0.6) is 0 Å². The van der Waals surface area contributed by atoms with Gasteiger partial charge in [-0.3, -0.25) is 0 Å². The van der Waals surface area contributed by atoms with Gasteiger partial charge in [-0.2, -0.15) is 0 Å². The molecule has 1 heterocycles. The molecule has 0 bridgehead atoms. The number of hydrogen-bond acceptors (Lipinski definition) is 2. The molecule has 2 rings (SSSR count). The van der Waals surface area contributed by atoms with Crippen molar-refractivity contribution in [2.45, 2.75) is 27.2 Å². The molecule has 0 amide bonds. The van der Waals surface area contributed by atoms with Crippen LogP contribution in [-0.2, 0) is 6.42 Å². The molecule has 2 heteroatoms. The minimum absolute atomic E-state index is 1.06. The maximum Gasteiger partial charge on any atom is 0.115 e. The average molecular weight is 214 g/mol. The number of rotatable bonds is 2. The molecule has 0 atom stereocenters. The molecule has 0 unspecified atom stereocenters. The van der Waals surface area contributed by atoms with Crippen molar-refractivity contribution < 1.29 is 0 Å². The minimum Gasteiger partial charge on any atom is -0.244 e. The van der Waals surface area contributed by atoms with E-state index < -0.39 is 0 Å². The van der Waals surface area contributed by atoms with Gasteiger partial charge in [-0.05, 0) is 17.5 Å². The highest BCUT2D eigenvalue weighted by Crippen LogP contribution is 2.17. The molecule has 84 valence electrons. The standard InChI is InChI=1S/C12H12N2.C2H6/c1-2-10-3-5-11(6-4-10)12-7-13-9-14-8-12;1-2/h3-9H,2H2,1H3;1-2H3. The second kappa shape index (κ2) is 6.72. The highest BCUT2D eigenvalue weighted by molar-refractivity contribution is 5.61. The fraction of sp³-hybridized carbons (Fsp3) is 0.286. The number of hydrogen-bond donors (Lipinski definition) is 0. The van der Waals surface area contributed by atoms with Gasteiger partial charge >= 0.3 is 0 Å². The van der Waals surface area contributed by atoms with Gasteiger partial charge in [0, 0.05) is 18.0 Å². The predicted octanol–water partition coefficient (Wildman–Crippen LogP) is 3.73. The third-order valence-electron chi connectivity index (χ3n) is 2.26. The highest BCUT2D eigenvalue weighted by atomic mass is 14.8. The van der Waals surface area contributed by atoms with E-state index in [2.05, 4.69) is 41.2 Å². The van der Waals surface area contributed by atoms with Gasteiger partial charge in [-0.1, -0.05) is 45.0 Å². The topological polar surface area (TPSA) is 25.8 Å². The summed E-state index contributed by atoms with van der Waals surface area (Å²) < 4.78 is 0. The van der Waals surface area contributed by atoms with Crippen molar-refractivity contribution >= 4 is 0 Å². The quantitative estimate of drug-likeness (QED) is 0.761. The van der Waals surface area contributed by atoms with Crippen LogP contribution in [0.2, 0.25) is 0 Å². The van der Waals surface area contributed by atoms with Gasteiger partial charge in [-0.25, -0.2) is 9.97 Å². The van der Waals surface area contributed by atoms with E-state index >= 15 is 0 Å². The summed E-state index contributed by atoms with van der Waals surface area (Å²) in [5, 5.41) is 0. The molecule has 0 spiro atoms. The van der Waals surface area contributed by atoms with E-state index in [4.69, 9.17) is 0 Å². The van der Waals surface area contributed by atoms with Crippen LogP contribution in [0.4, 0.5) is 0 Å². The molecule has 0 saturated carbocycles. The van der Waals surface area contributed by atoms with Crippen LogP contribution in [0.3, 0.4) is 0 Å². The summed E-state index contributed by atoms with van der Waals surface area (Å²) in [6.45, 7) is 6.15. The molecule has 0 aliphatic rings. The summed E-state index contributed by atoms with van der Waals surface area (Å²) >= 11 is 0. The van der Waals surface area contributed by atoms with E-state index in [0.29, 0.717) is 0 Å². The SMILES string of the molecule is CC.CCc1ccc(-c2cncnc2)cc1.